The van der Waals surface area contributed by atoms with Gasteiger partial charge in [0.1, 0.15) is 13.3 Å². The summed E-state index contributed by atoms with van der Waals surface area (Å²) in [7, 11) is 1.40. The summed E-state index contributed by atoms with van der Waals surface area (Å²) in [4.78, 5) is 15.7. The average molecular weight is 177 g/mol. The molecule has 13 heavy (non-hydrogen) atoms. The van der Waals surface area contributed by atoms with Crippen molar-refractivity contribution < 1.29 is 9.63 Å². The Bertz CT molecular complexity index is 298. The molecule has 3 nitrogen and oxygen atoms in total. The number of rotatable bonds is 3. The number of oxime groups is 1. The van der Waals surface area contributed by atoms with Crippen molar-refractivity contribution in [2.24, 2.45) is 5.16 Å². The Morgan fingerprint density at radius 2 is 2.46 bits per heavy atom. The Morgan fingerprint density at radius 1 is 1.62 bits per heavy atom. The van der Waals surface area contributed by atoms with Crippen molar-refractivity contribution in [2.45, 2.75) is 6.42 Å². The predicted octanol–water partition coefficient (Wildman–Crippen LogP) is 1.63. The zero-order valence-electron chi connectivity index (χ0n) is 7.43. The first-order valence-electron chi connectivity index (χ1n) is 3.99. The van der Waals surface area contributed by atoms with Gasteiger partial charge in [-0.15, -0.1) is 0 Å². The molecule has 0 unspecified atom stereocenters. The van der Waals surface area contributed by atoms with Crippen molar-refractivity contribution in [3.63, 3.8) is 0 Å². The van der Waals surface area contributed by atoms with E-state index >= 15 is 0 Å². The highest BCUT2D eigenvalue weighted by atomic mass is 16.6. The molecule has 0 aromatic rings. The van der Waals surface area contributed by atoms with Crippen molar-refractivity contribution >= 4 is 12.0 Å². The van der Waals surface area contributed by atoms with Gasteiger partial charge in [-0.25, -0.2) is 0 Å². The second-order valence-electron chi connectivity index (χ2n) is 2.47. The van der Waals surface area contributed by atoms with Gasteiger partial charge in [0, 0.05) is 5.57 Å². The largest absolute Gasteiger partial charge is 0.399 e. The van der Waals surface area contributed by atoms with Crippen LogP contribution < -0.4 is 0 Å². The van der Waals surface area contributed by atoms with Gasteiger partial charge in [0.05, 0.1) is 0 Å². The molecule has 0 bridgehead atoms. The van der Waals surface area contributed by atoms with Crippen molar-refractivity contribution in [3.05, 3.63) is 36.0 Å². The van der Waals surface area contributed by atoms with Crippen molar-refractivity contribution in [1.82, 2.24) is 0 Å². The molecule has 0 N–H and O–H groups in total. The average Bonchev–Trinajstić information content (AvgIpc) is 2.42. The lowest BCUT2D eigenvalue weighted by molar-refractivity contribution is -0.109. The molecule has 0 saturated heterocycles. The first kappa shape index (κ1) is 9.45. The predicted molar refractivity (Wildman–Crippen MR) is 51.5 cm³/mol. The monoisotopic (exact) mass is 177 g/mol. The van der Waals surface area contributed by atoms with E-state index in [-0.39, 0.29) is 5.78 Å². The minimum absolute atomic E-state index is 0.148. The van der Waals surface area contributed by atoms with E-state index in [4.69, 9.17) is 0 Å². The maximum Gasteiger partial charge on any atom is 0.207 e. The first-order chi connectivity index (χ1) is 6.34. The van der Waals surface area contributed by atoms with Crippen molar-refractivity contribution in [3.8, 4) is 0 Å². The number of ketones is 1. The van der Waals surface area contributed by atoms with Crippen molar-refractivity contribution in [2.75, 3.05) is 7.11 Å². The number of hydrogen-bond donors (Lipinski definition) is 0. The summed E-state index contributed by atoms with van der Waals surface area (Å²) in [5, 5.41) is 3.40. The summed E-state index contributed by atoms with van der Waals surface area (Å²) >= 11 is 0. The fourth-order valence-corrected chi connectivity index (χ4v) is 0.919. The van der Waals surface area contributed by atoms with E-state index < -0.39 is 0 Å². The van der Waals surface area contributed by atoms with Gasteiger partial charge in [0.2, 0.25) is 5.78 Å². The van der Waals surface area contributed by atoms with Crippen LogP contribution in [0.2, 0.25) is 0 Å². The van der Waals surface area contributed by atoms with Gasteiger partial charge in [-0.2, -0.15) is 0 Å². The molecule has 1 rings (SSSR count). The van der Waals surface area contributed by atoms with Gasteiger partial charge >= 0.3 is 0 Å². The van der Waals surface area contributed by atoms with Crippen LogP contribution in [0.1, 0.15) is 6.42 Å². The number of carbonyl (C=O) groups excluding carboxylic acids is 1. The Hall–Kier alpha value is -1.64. The van der Waals surface area contributed by atoms with E-state index in [1.54, 1.807) is 12.2 Å². The molecule has 0 amide bonds. The Kier molecular flexibility index (Phi) is 3.70. The molecule has 1 aliphatic carbocycles. The van der Waals surface area contributed by atoms with Crippen LogP contribution in [0.3, 0.4) is 0 Å². The molecule has 0 aliphatic heterocycles. The maximum absolute atomic E-state index is 11.3. The van der Waals surface area contributed by atoms with Crippen LogP contribution >= 0.6 is 0 Å². The number of Topliss-reactive ketones (excluding diaryl/α,β-unsaturated/α-hetero) is 1. The smallest absolute Gasteiger partial charge is 0.207 e. The maximum atomic E-state index is 11.3. The number of carbonyl (C=O) groups is 1. The topological polar surface area (TPSA) is 38.7 Å². The lowest BCUT2D eigenvalue weighted by atomic mass is 10.1. The Labute approximate surface area is 77.1 Å². The molecule has 68 valence electrons. The summed E-state index contributed by atoms with van der Waals surface area (Å²) < 4.78 is 0. The zero-order chi connectivity index (χ0) is 9.52. The second kappa shape index (κ2) is 5.09. The zero-order valence-corrected chi connectivity index (χ0v) is 7.43. The van der Waals surface area contributed by atoms with Gasteiger partial charge in [0.15, 0.2) is 0 Å². The van der Waals surface area contributed by atoms with Crippen LogP contribution in [0.5, 0.6) is 0 Å². The van der Waals surface area contributed by atoms with Gasteiger partial charge in [-0.05, 0) is 6.42 Å². The molecule has 3 heteroatoms. The third-order valence-corrected chi connectivity index (χ3v) is 1.54. The SMILES string of the molecule is CO/N=C\C(=O)C1=CC=CCC=C1. The molecule has 0 fully saturated rings. The van der Waals surface area contributed by atoms with E-state index in [2.05, 4.69) is 9.99 Å². The van der Waals surface area contributed by atoms with Crippen LogP contribution in [0, 0.1) is 0 Å². The van der Waals surface area contributed by atoms with Crippen molar-refractivity contribution in [1.29, 1.82) is 0 Å². The van der Waals surface area contributed by atoms with E-state index in [1.165, 1.54) is 7.11 Å². The summed E-state index contributed by atoms with van der Waals surface area (Å²) in [6.07, 6.45) is 11.3. The van der Waals surface area contributed by atoms with Gasteiger partial charge < -0.3 is 4.84 Å². The van der Waals surface area contributed by atoms with Gasteiger partial charge in [0.25, 0.3) is 0 Å². The van der Waals surface area contributed by atoms with Crippen LogP contribution in [-0.4, -0.2) is 19.1 Å². The lowest BCUT2D eigenvalue weighted by Gasteiger charge is -1.92. The van der Waals surface area contributed by atoms with E-state index in [9.17, 15) is 4.79 Å². The van der Waals surface area contributed by atoms with E-state index in [0.29, 0.717) is 5.57 Å². The summed E-state index contributed by atoms with van der Waals surface area (Å²) in [6, 6.07) is 0. The molecule has 0 saturated carbocycles. The van der Waals surface area contributed by atoms with Crippen LogP contribution in [0.4, 0.5) is 0 Å². The summed E-state index contributed by atoms with van der Waals surface area (Å²) in [6.45, 7) is 0. The number of allylic oxidation sites excluding steroid dienone is 6. The Morgan fingerprint density at radius 3 is 3.23 bits per heavy atom. The summed E-state index contributed by atoms with van der Waals surface area (Å²) in [5.41, 5.74) is 0.620. The molecule has 0 radical (unpaired) electrons. The normalized spacial score (nSPS) is 15.6. The minimum Gasteiger partial charge on any atom is -0.399 e. The molecule has 0 spiro atoms. The van der Waals surface area contributed by atoms with Gasteiger partial charge in [-0.3, -0.25) is 4.79 Å². The molecule has 1 aliphatic rings. The quantitative estimate of drug-likeness (QED) is 0.485. The highest BCUT2D eigenvalue weighted by Gasteiger charge is 2.02. The lowest BCUT2D eigenvalue weighted by Crippen LogP contribution is -2.01. The molecule has 0 atom stereocenters. The van der Waals surface area contributed by atoms with E-state index in [1.807, 2.05) is 18.2 Å². The molecule has 0 heterocycles. The fourth-order valence-electron chi connectivity index (χ4n) is 0.919. The minimum atomic E-state index is -0.148. The van der Waals surface area contributed by atoms with Crippen LogP contribution in [0.15, 0.2) is 41.1 Å². The third-order valence-electron chi connectivity index (χ3n) is 1.54. The van der Waals surface area contributed by atoms with Gasteiger partial charge in [-0.1, -0.05) is 35.5 Å². The first-order valence-corrected chi connectivity index (χ1v) is 3.99. The van der Waals surface area contributed by atoms with Crippen LogP contribution in [-0.2, 0) is 9.63 Å². The van der Waals surface area contributed by atoms with E-state index in [0.717, 1.165) is 12.6 Å². The molecule has 0 aromatic carbocycles. The number of hydrogen-bond acceptors (Lipinski definition) is 3. The summed E-state index contributed by atoms with van der Waals surface area (Å²) in [5.74, 6) is -0.148. The van der Waals surface area contributed by atoms with Crippen LogP contribution in [0.25, 0.3) is 0 Å². The second-order valence-corrected chi connectivity index (χ2v) is 2.47. The number of nitrogens with zero attached hydrogens (tertiary/aromatic N) is 1. The molecular formula is C10H11NO2. The highest BCUT2D eigenvalue weighted by Crippen LogP contribution is 2.04. The Balaban J connectivity index is 2.70. The fraction of sp³-hybridized carbons (Fsp3) is 0.200. The standard InChI is InChI=1S/C10H11NO2/c1-13-11-8-10(12)9-6-4-2-3-5-7-9/h2,4-8H,3H2,1H3/b11-8-. The third kappa shape index (κ3) is 3.07. The molecular weight excluding hydrogens is 166 g/mol. The molecule has 0 aromatic heterocycles. The highest BCUT2D eigenvalue weighted by molar-refractivity contribution is 6.36.